The Labute approximate surface area is 113 Å². The van der Waals surface area contributed by atoms with Crippen molar-refractivity contribution < 1.29 is 19.7 Å². The van der Waals surface area contributed by atoms with Gasteiger partial charge in [0.15, 0.2) is 0 Å². The van der Waals surface area contributed by atoms with E-state index in [0.29, 0.717) is 12.0 Å². The summed E-state index contributed by atoms with van der Waals surface area (Å²) in [4.78, 5) is 11.6. The van der Waals surface area contributed by atoms with Crippen LogP contribution < -0.4 is 0 Å². The quantitative estimate of drug-likeness (QED) is 0.428. The maximum atomic E-state index is 11.6. The zero-order chi connectivity index (χ0) is 14.0. The molecule has 3 atom stereocenters. The lowest BCUT2D eigenvalue weighted by Crippen LogP contribution is -2.29. The molecule has 4 nitrogen and oxygen atoms in total. The molecule has 4 heteroatoms. The summed E-state index contributed by atoms with van der Waals surface area (Å²) in [6, 6.07) is 0. The maximum absolute atomic E-state index is 11.6. The van der Waals surface area contributed by atoms with Crippen molar-refractivity contribution in [2.75, 3.05) is 6.61 Å². The molecule has 0 aromatic heterocycles. The average Bonchev–Trinajstić information content (AvgIpc) is 2.63. The van der Waals surface area contributed by atoms with Gasteiger partial charge in [-0.15, -0.1) is 0 Å². The van der Waals surface area contributed by atoms with Crippen LogP contribution in [0.15, 0.2) is 35.5 Å². The summed E-state index contributed by atoms with van der Waals surface area (Å²) in [6.45, 7) is 5.63. The summed E-state index contributed by atoms with van der Waals surface area (Å²) >= 11 is 0. The molecule has 0 aromatic rings. The highest BCUT2D eigenvalue weighted by Crippen LogP contribution is 2.34. The van der Waals surface area contributed by atoms with Crippen LogP contribution in [0.2, 0.25) is 0 Å². The number of fused-ring (bicyclic) bond motifs is 1. The molecular weight excluding hydrogens is 244 g/mol. The number of rotatable bonds is 1. The topological polar surface area (TPSA) is 66.8 Å². The molecule has 0 aromatic carbocycles. The van der Waals surface area contributed by atoms with Gasteiger partial charge >= 0.3 is 5.97 Å². The number of esters is 1. The second kappa shape index (κ2) is 5.72. The summed E-state index contributed by atoms with van der Waals surface area (Å²) in [5, 5.41) is 19.6. The SMILES string of the molecule is C=C1C(=O)O[C@@H]2/C=C(/C)CC/C=C(/CO)C[C@H](O)[C@H]12. The minimum atomic E-state index is -0.760. The molecule has 19 heavy (non-hydrogen) atoms. The fraction of sp³-hybridized carbons (Fsp3) is 0.533. The molecule has 0 spiro atoms. The van der Waals surface area contributed by atoms with Crippen molar-refractivity contribution in [1.29, 1.82) is 0 Å². The molecule has 1 fully saturated rings. The Hall–Kier alpha value is -1.39. The third kappa shape index (κ3) is 2.96. The van der Waals surface area contributed by atoms with Gasteiger partial charge in [0.1, 0.15) is 6.10 Å². The van der Waals surface area contributed by atoms with Crippen molar-refractivity contribution in [2.45, 2.75) is 38.4 Å². The number of carbonyl (C=O) groups excluding carboxylic acids is 1. The minimum absolute atomic E-state index is 0.0709. The third-order valence-corrected chi connectivity index (χ3v) is 3.77. The molecular formula is C15H20O4. The summed E-state index contributed by atoms with van der Waals surface area (Å²) in [5.74, 6) is -0.859. The molecule has 1 aliphatic heterocycles. The van der Waals surface area contributed by atoms with E-state index in [0.717, 1.165) is 24.0 Å². The molecule has 0 unspecified atom stereocenters. The van der Waals surface area contributed by atoms with E-state index >= 15 is 0 Å². The number of carbonyl (C=O) groups is 1. The van der Waals surface area contributed by atoms with Crippen molar-refractivity contribution in [2.24, 2.45) is 5.92 Å². The molecule has 2 rings (SSSR count). The van der Waals surface area contributed by atoms with E-state index in [1.807, 2.05) is 19.1 Å². The Bertz CT molecular complexity index is 447. The van der Waals surface area contributed by atoms with Crippen molar-refractivity contribution in [1.82, 2.24) is 0 Å². The lowest BCUT2D eigenvalue weighted by Gasteiger charge is -2.23. The molecule has 104 valence electrons. The van der Waals surface area contributed by atoms with Gasteiger partial charge in [0, 0.05) is 5.57 Å². The first-order chi connectivity index (χ1) is 9.02. The first-order valence-electron chi connectivity index (χ1n) is 6.57. The monoisotopic (exact) mass is 264 g/mol. The molecule has 0 saturated carbocycles. The molecule has 0 bridgehead atoms. The Kier molecular flexibility index (Phi) is 4.22. The van der Waals surface area contributed by atoms with Crippen LogP contribution in [-0.4, -0.2) is 35.0 Å². The van der Waals surface area contributed by atoms with E-state index in [2.05, 4.69) is 6.58 Å². The number of allylic oxidation sites excluding steroid dienone is 2. The highest BCUT2D eigenvalue weighted by Gasteiger charge is 2.42. The lowest BCUT2D eigenvalue weighted by molar-refractivity contribution is -0.137. The van der Waals surface area contributed by atoms with E-state index < -0.39 is 24.1 Å². The molecule has 0 amide bonds. The molecule has 1 aliphatic carbocycles. The van der Waals surface area contributed by atoms with Gasteiger partial charge < -0.3 is 14.9 Å². The van der Waals surface area contributed by atoms with E-state index in [1.165, 1.54) is 0 Å². The molecule has 1 saturated heterocycles. The first kappa shape index (κ1) is 14.0. The van der Waals surface area contributed by atoms with Crippen LogP contribution in [0.4, 0.5) is 0 Å². The van der Waals surface area contributed by atoms with E-state index in [4.69, 9.17) is 4.74 Å². The van der Waals surface area contributed by atoms with E-state index in [1.54, 1.807) is 0 Å². The number of aliphatic hydroxyl groups is 2. The Morgan fingerprint density at radius 1 is 1.53 bits per heavy atom. The second-order valence-electron chi connectivity index (χ2n) is 5.26. The van der Waals surface area contributed by atoms with Crippen LogP contribution in [0.1, 0.15) is 26.2 Å². The Balaban J connectivity index is 2.32. The van der Waals surface area contributed by atoms with Gasteiger partial charge in [-0.05, 0) is 37.8 Å². The molecule has 2 aliphatic rings. The van der Waals surface area contributed by atoms with Gasteiger partial charge in [-0.25, -0.2) is 4.79 Å². The largest absolute Gasteiger partial charge is 0.454 e. The van der Waals surface area contributed by atoms with Crippen LogP contribution in [0, 0.1) is 5.92 Å². The maximum Gasteiger partial charge on any atom is 0.334 e. The van der Waals surface area contributed by atoms with Crippen molar-refractivity contribution in [3.05, 3.63) is 35.5 Å². The number of hydrogen-bond acceptors (Lipinski definition) is 4. The van der Waals surface area contributed by atoms with Gasteiger partial charge in [0.05, 0.1) is 18.6 Å². The van der Waals surface area contributed by atoms with Crippen molar-refractivity contribution in [3.8, 4) is 0 Å². The minimum Gasteiger partial charge on any atom is -0.454 e. The Morgan fingerprint density at radius 3 is 2.95 bits per heavy atom. The smallest absolute Gasteiger partial charge is 0.334 e. The normalized spacial score (nSPS) is 37.7. The zero-order valence-electron chi connectivity index (χ0n) is 11.1. The molecule has 1 heterocycles. The Morgan fingerprint density at radius 2 is 2.26 bits per heavy atom. The fourth-order valence-electron chi connectivity index (χ4n) is 2.67. The predicted molar refractivity (Wildman–Crippen MR) is 71.3 cm³/mol. The van der Waals surface area contributed by atoms with Gasteiger partial charge in [0.2, 0.25) is 0 Å². The van der Waals surface area contributed by atoms with Crippen LogP contribution in [0.5, 0.6) is 0 Å². The summed E-state index contributed by atoms with van der Waals surface area (Å²) in [6.07, 6.45) is 4.69. The highest BCUT2D eigenvalue weighted by molar-refractivity contribution is 5.91. The van der Waals surface area contributed by atoms with Crippen LogP contribution >= 0.6 is 0 Å². The van der Waals surface area contributed by atoms with Crippen LogP contribution in [0.25, 0.3) is 0 Å². The standard InChI is InChI=1S/C15H20O4/c1-9-4-3-5-11(8-16)7-12(17)14-10(2)15(18)19-13(14)6-9/h5-6,12-14,16-17H,2-4,7-8H2,1H3/b9-6-,11-5+/t12-,13+,14-/m0/s1. The number of hydrogen-bond donors (Lipinski definition) is 2. The summed E-state index contributed by atoms with van der Waals surface area (Å²) in [5.41, 5.74) is 2.23. The van der Waals surface area contributed by atoms with E-state index in [9.17, 15) is 15.0 Å². The van der Waals surface area contributed by atoms with E-state index in [-0.39, 0.29) is 6.61 Å². The summed E-state index contributed by atoms with van der Waals surface area (Å²) < 4.78 is 5.26. The van der Waals surface area contributed by atoms with Crippen molar-refractivity contribution in [3.63, 3.8) is 0 Å². The van der Waals surface area contributed by atoms with Crippen LogP contribution in [-0.2, 0) is 9.53 Å². The average molecular weight is 264 g/mol. The predicted octanol–water partition coefficient (Wildman–Crippen LogP) is 1.49. The third-order valence-electron chi connectivity index (χ3n) is 3.77. The number of ether oxygens (including phenoxy) is 1. The van der Waals surface area contributed by atoms with Crippen LogP contribution in [0.3, 0.4) is 0 Å². The number of aliphatic hydroxyl groups excluding tert-OH is 2. The van der Waals surface area contributed by atoms with Crippen molar-refractivity contribution >= 4 is 5.97 Å². The van der Waals surface area contributed by atoms with Gasteiger partial charge in [-0.3, -0.25) is 0 Å². The first-order valence-corrected chi connectivity index (χ1v) is 6.57. The highest BCUT2D eigenvalue weighted by atomic mass is 16.6. The second-order valence-corrected chi connectivity index (χ2v) is 5.26. The zero-order valence-corrected chi connectivity index (χ0v) is 11.1. The summed E-state index contributed by atoms with van der Waals surface area (Å²) in [7, 11) is 0. The molecule has 2 N–H and O–H groups in total. The lowest BCUT2D eigenvalue weighted by atomic mass is 9.85. The molecule has 0 radical (unpaired) electrons. The van der Waals surface area contributed by atoms with Gasteiger partial charge in [-0.1, -0.05) is 18.2 Å². The van der Waals surface area contributed by atoms with Gasteiger partial charge in [-0.2, -0.15) is 0 Å². The van der Waals surface area contributed by atoms with Gasteiger partial charge in [0.25, 0.3) is 0 Å². The fourth-order valence-corrected chi connectivity index (χ4v) is 2.67.